The van der Waals surface area contributed by atoms with Crippen LogP contribution in [0.1, 0.15) is 11.1 Å². The fourth-order valence-corrected chi connectivity index (χ4v) is 12.5. The van der Waals surface area contributed by atoms with Gasteiger partial charge < -0.3 is 12.8 Å². The summed E-state index contributed by atoms with van der Waals surface area (Å²) in [6.45, 7) is 0. The molecule has 0 aliphatic rings. The van der Waals surface area contributed by atoms with E-state index in [2.05, 4.69) is 145 Å². The molecule has 270 valence electrons. The molecule has 0 aliphatic heterocycles. The van der Waals surface area contributed by atoms with E-state index in [4.69, 9.17) is 12.8 Å². The second-order valence-electron chi connectivity index (χ2n) is 12.3. The number of benzene rings is 8. The normalized spacial score (nSPS) is 10.0. The van der Waals surface area contributed by atoms with E-state index in [0.29, 0.717) is 0 Å². The number of rotatable bonds is 7. The summed E-state index contributed by atoms with van der Waals surface area (Å²) >= 11 is 0. The van der Waals surface area contributed by atoms with Crippen molar-refractivity contribution in [3.8, 4) is 11.8 Å². The van der Waals surface area contributed by atoms with E-state index in [1.165, 1.54) is 44.3 Å². The monoisotopic (exact) mass is 1100 g/mol. The molecule has 0 spiro atoms. The molecule has 0 N–H and O–H groups in total. The van der Waals surface area contributed by atoms with Crippen molar-refractivity contribution in [3.05, 3.63) is 230 Å². The number of hydrogen-bond acceptors (Lipinski definition) is 0. The maximum absolute atomic E-state index is 6.97. The molecule has 0 atom stereocenters. The van der Waals surface area contributed by atoms with Crippen LogP contribution in [0.25, 0.3) is 21.5 Å². The van der Waals surface area contributed by atoms with Gasteiger partial charge in [-0.1, -0.05) is 133 Å². The largest absolute Gasteiger partial charge is 1.00 e. The van der Waals surface area contributed by atoms with Crippen LogP contribution in [-0.4, -0.2) is 12.3 Å². The van der Waals surface area contributed by atoms with Crippen LogP contribution in [0.2, 0.25) is 0 Å². The van der Waals surface area contributed by atoms with E-state index < -0.39 is 15.8 Å². The van der Waals surface area contributed by atoms with Gasteiger partial charge in [-0.05, 0) is 70.1 Å². The van der Waals surface area contributed by atoms with Crippen LogP contribution < -0.4 is 21.2 Å². The van der Waals surface area contributed by atoms with E-state index in [9.17, 15) is 0 Å². The van der Waals surface area contributed by atoms with Gasteiger partial charge in [-0.3, -0.25) is 11.8 Å². The standard InChI is InChI=1S/C26H24P2.2C12H7.2Au/c1-5-13-23(14-6-1)27(24-15-7-2-8-16-24)21-22-28(25-17-9-3-10-18-25)26-19-11-4-12-20-26;2*1-2-10-7-8-11-5-3-4-6-12(11)9-10;;/h1-20H,21-22H2;2*3-9H;;/q;2*-1;2*+1/p+2. The Kier molecular flexibility index (Phi) is 18.0. The fraction of sp³-hybridized carbons (Fsp3) is 0.0400. The Morgan fingerprint density at radius 2 is 0.574 bits per heavy atom. The molecule has 0 saturated carbocycles. The van der Waals surface area contributed by atoms with Crippen LogP contribution in [0.4, 0.5) is 0 Å². The molecule has 54 heavy (non-hydrogen) atoms. The third-order valence-corrected chi connectivity index (χ3v) is 15.0. The molecule has 8 aromatic rings. The molecule has 0 aliphatic carbocycles. The predicted octanol–water partition coefficient (Wildman–Crippen LogP) is 10.3. The number of fused-ring (bicyclic) bond motifs is 2. The van der Waals surface area contributed by atoms with Crippen molar-refractivity contribution in [1.82, 2.24) is 0 Å². The zero-order chi connectivity index (χ0) is 35.8. The Labute approximate surface area is 355 Å². The van der Waals surface area contributed by atoms with Crippen LogP contribution in [0, 0.1) is 24.7 Å². The van der Waals surface area contributed by atoms with Crippen LogP contribution in [-0.2, 0) is 44.8 Å². The molecule has 0 heterocycles. The van der Waals surface area contributed by atoms with Gasteiger partial charge in [0.15, 0.2) is 0 Å². The van der Waals surface area contributed by atoms with E-state index in [1.54, 1.807) is 0 Å². The Hall–Kier alpha value is -4.26. The van der Waals surface area contributed by atoms with Gasteiger partial charge in [0, 0.05) is 0 Å². The molecule has 0 aromatic heterocycles. The molecular formula is C50H40Au2P2+2. The van der Waals surface area contributed by atoms with Crippen molar-refractivity contribution in [2.45, 2.75) is 0 Å². The second kappa shape index (κ2) is 22.8. The summed E-state index contributed by atoms with van der Waals surface area (Å²) in [5, 5.41) is 10.8. The van der Waals surface area contributed by atoms with Gasteiger partial charge >= 0.3 is 44.8 Å². The summed E-state index contributed by atoms with van der Waals surface area (Å²) < 4.78 is 0. The zero-order valence-corrected chi connectivity index (χ0v) is 36.0. The third-order valence-electron chi connectivity index (χ3n) is 8.90. The third kappa shape index (κ3) is 12.1. The van der Waals surface area contributed by atoms with Gasteiger partial charge in [-0.25, -0.2) is 0 Å². The maximum Gasteiger partial charge on any atom is 1.00 e. The summed E-state index contributed by atoms with van der Waals surface area (Å²) in [5.41, 5.74) is 1.66. The molecule has 4 heteroatoms. The summed E-state index contributed by atoms with van der Waals surface area (Å²) in [5.74, 6) is 4.74. The minimum atomic E-state index is -0.783. The second-order valence-corrected chi connectivity index (χ2v) is 17.5. The first kappa shape index (κ1) is 42.5. The molecule has 0 fully saturated rings. The first-order chi connectivity index (χ1) is 25.7. The minimum absolute atomic E-state index is 0. The van der Waals surface area contributed by atoms with E-state index in [-0.39, 0.29) is 44.8 Å². The molecule has 0 bridgehead atoms. The van der Waals surface area contributed by atoms with Gasteiger partial charge in [0.2, 0.25) is 0 Å². The van der Waals surface area contributed by atoms with Crippen molar-refractivity contribution in [2.75, 3.05) is 12.3 Å². The van der Waals surface area contributed by atoms with Crippen molar-refractivity contribution >= 4 is 58.6 Å². The first-order valence-electron chi connectivity index (χ1n) is 17.5. The molecule has 0 nitrogen and oxygen atoms in total. The average Bonchev–Trinajstić information content (AvgIpc) is 3.24. The number of hydrogen-bond donors (Lipinski definition) is 0. The SMILES string of the molecule is [Au+].[Au+].[C-]#Cc1ccc2ccccc2c1.[C-]#Cc1ccc2ccccc2c1.c1ccc([PH+](CC[PH+](c2ccccc2)c2ccccc2)c2ccccc2)cc1. The van der Waals surface area contributed by atoms with Crippen LogP contribution in [0.5, 0.6) is 0 Å². The van der Waals surface area contributed by atoms with Crippen LogP contribution in [0.15, 0.2) is 206 Å². The minimum Gasteiger partial charge on any atom is -0.366 e. The van der Waals surface area contributed by atoms with Crippen molar-refractivity contribution in [3.63, 3.8) is 0 Å². The van der Waals surface area contributed by atoms with E-state index in [0.717, 1.165) is 21.9 Å². The van der Waals surface area contributed by atoms with Gasteiger partial charge in [0.05, 0.1) is 37.1 Å². The smallest absolute Gasteiger partial charge is 0.366 e. The van der Waals surface area contributed by atoms with Gasteiger partial charge in [-0.15, -0.1) is 35.4 Å². The molecule has 0 unspecified atom stereocenters. The Balaban J connectivity index is 0.000000206. The van der Waals surface area contributed by atoms with E-state index in [1.807, 2.05) is 72.8 Å². The molecule has 8 aromatic carbocycles. The molecule has 0 radical (unpaired) electrons. The fourth-order valence-electron chi connectivity index (χ4n) is 6.25. The Morgan fingerprint density at radius 1 is 0.315 bits per heavy atom. The summed E-state index contributed by atoms with van der Waals surface area (Å²) in [6.07, 6.45) is 16.5. The summed E-state index contributed by atoms with van der Waals surface area (Å²) in [7, 11) is -1.57. The van der Waals surface area contributed by atoms with Crippen LogP contribution >= 0.6 is 15.8 Å². The van der Waals surface area contributed by atoms with E-state index >= 15 is 0 Å². The van der Waals surface area contributed by atoms with Crippen LogP contribution in [0.3, 0.4) is 0 Å². The molecule has 0 saturated heterocycles. The van der Waals surface area contributed by atoms with Gasteiger partial charge in [-0.2, -0.15) is 0 Å². The summed E-state index contributed by atoms with van der Waals surface area (Å²) in [4.78, 5) is 0. The summed E-state index contributed by atoms with van der Waals surface area (Å²) in [6, 6.07) is 72.4. The van der Waals surface area contributed by atoms with Crippen molar-refractivity contribution in [2.24, 2.45) is 0 Å². The molecule has 0 amide bonds. The van der Waals surface area contributed by atoms with Gasteiger partial charge in [0.25, 0.3) is 0 Å². The van der Waals surface area contributed by atoms with Gasteiger partial charge in [0.1, 0.15) is 12.3 Å². The Morgan fingerprint density at radius 3 is 0.852 bits per heavy atom. The zero-order valence-electron chi connectivity index (χ0n) is 29.6. The molecular weight excluding hydrogens is 1060 g/mol. The first-order valence-corrected chi connectivity index (χ1v) is 20.9. The maximum atomic E-state index is 6.97. The quantitative estimate of drug-likeness (QED) is 0.0646. The topological polar surface area (TPSA) is 0 Å². The van der Waals surface area contributed by atoms with Crippen molar-refractivity contribution < 1.29 is 44.8 Å². The average molecular weight is 1100 g/mol. The molecule has 8 rings (SSSR count). The Bertz CT molecular complexity index is 2130. The predicted molar refractivity (Wildman–Crippen MR) is 231 cm³/mol. The van der Waals surface area contributed by atoms with Crippen molar-refractivity contribution in [1.29, 1.82) is 0 Å².